The van der Waals surface area contributed by atoms with Gasteiger partial charge in [0, 0.05) is 11.1 Å². The molecule has 0 aromatic heterocycles. The predicted octanol–water partition coefficient (Wildman–Crippen LogP) is 5.11. The van der Waals surface area contributed by atoms with Gasteiger partial charge in [-0.25, -0.2) is 0 Å². The van der Waals surface area contributed by atoms with Gasteiger partial charge in [-0.1, -0.05) is 55.6 Å². The standard InChI is InChI=1S/C11H14Cl3N.ClH/c1-11(2,3)10(15)7-4-6(12)5-8(13)9(7)14;/h4-5,10H,15H2,1-3H3;1H/t10-;/m1./s1. The third-order valence-electron chi connectivity index (χ3n) is 2.29. The van der Waals surface area contributed by atoms with Crippen molar-refractivity contribution in [1.29, 1.82) is 0 Å². The van der Waals surface area contributed by atoms with Crippen LogP contribution in [0.15, 0.2) is 12.1 Å². The normalized spacial score (nSPS) is 13.2. The van der Waals surface area contributed by atoms with Gasteiger partial charge in [0.2, 0.25) is 0 Å². The summed E-state index contributed by atoms with van der Waals surface area (Å²) in [5.74, 6) is 0. The number of nitrogens with two attached hydrogens (primary N) is 1. The molecule has 1 nitrogen and oxygen atoms in total. The van der Waals surface area contributed by atoms with Crippen LogP contribution in [0.1, 0.15) is 32.4 Å². The summed E-state index contributed by atoms with van der Waals surface area (Å²) in [6.45, 7) is 6.13. The van der Waals surface area contributed by atoms with Gasteiger partial charge in [-0.15, -0.1) is 12.4 Å². The number of halogens is 4. The Balaban J connectivity index is 0.00000225. The fourth-order valence-corrected chi connectivity index (χ4v) is 2.00. The largest absolute Gasteiger partial charge is 0.323 e. The van der Waals surface area contributed by atoms with Crippen molar-refractivity contribution in [1.82, 2.24) is 0 Å². The molecule has 92 valence electrons. The molecule has 1 aromatic rings. The highest BCUT2D eigenvalue weighted by atomic mass is 35.5. The van der Waals surface area contributed by atoms with Crippen molar-refractivity contribution in [2.45, 2.75) is 26.8 Å². The average molecular weight is 303 g/mol. The van der Waals surface area contributed by atoms with Gasteiger partial charge in [0.05, 0.1) is 10.0 Å². The topological polar surface area (TPSA) is 26.0 Å². The van der Waals surface area contributed by atoms with Crippen LogP contribution >= 0.6 is 47.2 Å². The molecule has 2 N–H and O–H groups in total. The summed E-state index contributed by atoms with van der Waals surface area (Å²) < 4.78 is 0. The molecule has 0 radical (unpaired) electrons. The minimum atomic E-state index is -0.193. The minimum Gasteiger partial charge on any atom is -0.323 e. The molecule has 0 aliphatic heterocycles. The van der Waals surface area contributed by atoms with Crippen molar-refractivity contribution in [2.75, 3.05) is 0 Å². The lowest BCUT2D eigenvalue weighted by atomic mass is 9.83. The van der Waals surface area contributed by atoms with Crippen LogP contribution < -0.4 is 5.73 Å². The van der Waals surface area contributed by atoms with Crippen molar-refractivity contribution < 1.29 is 0 Å². The minimum absolute atomic E-state index is 0. The Morgan fingerprint density at radius 2 is 1.62 bits per heavy atom. The maximum Gasteiger partial charge on any atom is 0.0641 e. The molecule has 1 aromatic carbocycles. The Labute approximate surface area is 118 Å². The van der Waals surface area contributed by atoms with Crippen molar-refractivity contribution in [3.63, 3.8) is 0 Å². The first-order valence-corrected chi connectivity index (χ1v) is 5.77. The van der Waals surface area contributed by atoms with Crippen molar-refractivity contribution in [3.05, 3.63) is 32.8 Å². The second-order valence-electron chi connectivity index (χ2n) is 4.63. The van der Waals surface area contributed by atoms with Crippen LogP contribution in [-0.4, -0.2) is 0 Å². The van der Waals surface area contributed by atoms with Crippen molar-refractivity contribution in [3.8, 4) is 0 Å². The number of hydrogen-bond acceptors (Lipinski definition) is 1. The van der Waals surface area contributed by atoms with E-state index in [1.54, 1.807) is 12.1 Å². The quantitative estimate of drug-likeness (QED) is 0.716. The van der Waals surface area contributed by atoms with E-state index in [4.69, 9.17) is 40.5 Å². The Bertz CT molecular complexity index is 371. The van der Waals surface area contributed by atoms with Crippen LogP contribution in [0.4, 0.5) is 0 Å². The first-order chi connectivity index (χ1) is 6.73. The first-order valence-electron chi connectivity index (χ1n) is 4.63. The molecule has 0 amide bonds. The number of hydrogen-bond donors (Lipinski definition) is 1. The molecule has 0 saturated carbocycles. The van der Waals surface area contributed by atoms with Gasteiger partial charge >= 0.3 is 0 Å². The fourth-order valence-electron chi connectivity index (χ4n) is 1.27. The summed E-state index contributed by atoms with van der Waals surface area (Å²) in [5.41, 5.74) is 6.82. The summed E-state index contributed by atoms with van der Waals surface area (Å²) in [5, 5.41) is 1.49. The molecule has 0 aliphatic carbocycles. The van der Waals surface area contributed by atoms with Crippen LogP contribution in [0, 0.1) is 5.41 Å². The van der Waals surface area contributed by atoms with Crippen molar-refractivity contribution >= 4 is 47.2 Å². The molecule has 1 rings (SSSR count). The molecule has 0 bridgehead atoms. The number of rotatable bonds is 1. The monoisotopic (exact) mass is 301 g/mol. The van der Waals surface area contributed by atoms with E-state index in [1.807, 2.05) is 20.8 Å². The van der Waals surface area contributed by atoms with Crippen LogP contribution in [0.25, 0.3) is 0 Å². The zero-order valence-corrected chi connectivity index (χ0v) is 12.4. The van der Waals surface area contributed by atoms with E-state index in [1.165, 1.54) is 0 Å². The zero-order valence-electron chi connectivity index (χ0n) is 9.35. The molecule has 0 spiro atoms. The lowest BCUT2D eigenvalue weighted by Gasteiger charge is -2.28. The maximum atomic E-state index is 6.11. The van der Waals surface area contributed by atoms with Gasteiger partial charge in [0.25, 0.3) is 0 Å². The van der Waals surface area contributed by atoms with Gasteiger partial charge in [-0.3, -0.25) is 0 Å². The first kappa shape index (κ1) is 16.3. The summed E-state index contributed by atoms with van der Waals surface area (Å²) in [6, 6.07) is 3.19. The van der Waals surface area contributed by atoms with E-state index in [2.05, 4.69) is 0 Å². The van der Waals surface area contributed by atoms with Crippen molar-refractivity contribution in [2.24, 2.45) is 11.1 Å². The fraction of sp³-hybridized carbons (Fsp3) is 0.455. The SMILES string of the molecule is CC(C)(C)[C@H](N)c1cc(Cl)cc(Cl)c1Cl.Cl. The lowest BCUT2D eigenvalue weighted by molar-refractivity contribution is 0.327. The number of benzene rings is 1. The zero-order chi connectivity index (χ0) is 11.8. The summed E-state index contributed by atoms with van der Waals surface area (Å²) in [4.78, 5) is 0. The molecular formula is C11H15Cl4N. The van der Waals surface area contributed by atoms with E-state index in [0.29, 0.717) is 15.1 Å². The Kier molecular flexibility index (Phi) is 5.91. The summed E-state index contributed by atoms with van der Waals surface area (Å²) in [6.07, 6.45) is 0. The molecule has 0 aliphatic rings. The maximum absolute atomic E-state index is 6.11. The highest BCUT2D eigenvalue weighted by molar-refractivity contribution is 6.43. The molecule has 0 fully saturated rings. The smallest absolute Gasteiger partial charge is 0.0641 e. The van der Waals surface area contributed by atoms with Gasteiger partial charge in [0.15, 0.2) is 0 Å². The molecular weight excluding hydrogens is 288 g/mol. The second kappa shape index (κ2) is 5.79. The molecule has 5 heteroatoms. The van der Waals surface area contributed by atoms with Gasteiger partial charge < -0.3 is 5.73 Å². The molecule has 1 atom stereocenters. The van der Waals surface area contributed by atoms with Gasteiger partial charge in [0.1, 0.15) is 0 Å². The van der Waals surface area contributed by atoms with Crippen LogP contribution in [0.3, 0.4) is 0 Å². The van der Waals surface area contributed by atoms with Crippen LogP contribution in [0.2, 0.25) is 15.1 Å². The average Bonchev–Trinajstić information content (AvgIpc) is 2.08. The third kappa shape index (κ3) is 3.68. The molecule has 16 heavy (non-hydrogen) atoms. The Hall–Kier alpha value is 0.340. The molecule has 0 saturated heterocycles. The Morgan fingerprint density at radius 1 is 1.12 bits per heavy atom. The van der Waals surface area contributed by atoms with E-state index in [0.717, 1.165) is 5.56 Å². The lowest BCUT2D eigenvalue weighted by Crippen LogP contribution is -2.26. The molecule has 0 unspecified atom stereocenters. The van der Waals surface area contributed by atoms with Gasteiger partial charge in [-0.2, -0.15) is 0 Å². The third-order valence-corrected chi connectivity index (χ3v) is 3.32. The van der Waals surface area contributed by atoms with Crippen LogP contribution in [0.5, 0.6) is 0 Å². The van der Waals surface area contributed by atoms with E-state index in [9.17, 15) is 0 Å². The Morgan fingerprint density at radius 3 is 2.06 bits per heavy atom. The van der Waals surface area contributed by atoms with Crippen LogP contribution in [-0.2, 0) is 0 Å². The van der Waals surface area contributed by atoms with Gasteiger partial charge in [-0.05, 0) is 23.1 Å². The molecule has 0 heterocycles. The summed E-state index contributed by atoms with van der Waals surface area (Å²) in [7, 11) is 0. The summed E-state index contributed by atoms with van der Waals surface area (Å²) >= 11 is 18.0. The highest BCUT2D eigenvalue weighted by Gasteiger charge is 2.25. The van der Waals surface area contributed by atoms with E-state index in [-0.39, 0.29) is 23.9 Å². The predicted molar refractivity (Wildman–Crippen MR) is 75.1 cm³/mol. The van der Waals surface area contributed by atoms with E-state index >= 15 is 0 Å². The highest BCUT2D eigenvalue weighted by Crippen LogP contribution is 2.38. The van der Waals surface area contributed by atoms with E-state index < -0.39 is 0 Å². The second-order valence-corrected chi connectivity index (χ2v) is 5.86.